The Morgan fingerprint density at radius 3 is 1.66 bits per heavy atom. The van der Waals surface area contributed by atoms with Crippen LogP contribution < -0.4 is 25.0 Å². The number of allylic oxidation sites excluding steroid dienone is 1. The monoisotopic (exact) mass is 890 g/mol. The van der Waals surface area contributed by atoms with Gasteiger partial charge in [0.2, 0.25) is 11.7 Å². The standard InChI is InChI=1S/C46H54N10O9/c1-44(2,3)63-41(58)55(36-17-13-15-31(49-36)38-34(61-11)21-19-28(51-38)29-23-25-48-40(47)53-29)27-54(10)26-24-33(57)30-20-22-35(62-12)39(52-30)32-16-14-18-37(50-32)56(42(59)64-45(4,5)6)43(60)65-46(7,8)9/h13-26H,27H2,1-12H3,(H2,47,48,53)/b26-24+. The molecule has 3 amide bonds. The molecule has 0 aliphatic carbocycles. The van der Waals surface area contributed by atoms with E-state index < -0.39 is 40.9 Å². The summed E-state index contributed by atoms with van der Waals surface area (Å²) in [4.78, 5) is 84.8. The van der Waals surface area contributed by atoms with Crippen LogP contribution in [-0.4, -0.2) is 104 Å². The first kappa shape index (κ1) is 48.3. The third-order valence-electron chi connectivity index (χ3n) is 8.42. The zero-order valence-corrected chi connectivity index (χ0v) is 38.6. The van der Waals surface area contributed by atoms with Crippen LogP contribution in [0.5, 0.6) is 11.5 Å². The van der Waals surface area contributed by atoms with E-state index in [-0.39, 0.29) is 47.1 Å². The van der Waals surface area contributed by atoms with E-state index in [0.717, 1.165) is 0 Å². The molecule has 19 nitrogen and oxygen atoms in total. The van der Waals surface area contributed by atoms with Gasteiger partial charge in [-0.25, -0.2) is 49.2 Å². The number of hydrogen-bond acceptors (Lipinski definition) is 17. The van der Waals surface area contributed by atoms with E-state index in [0.29, 0.717) is 33.4 Å². The quantitative estimate of drug-likeness (QED) is 0.0537. The Labute approximate surface area is 377 Å². The van der Waals surface area contributed by atoms with Gasteiger partial charge in [-0.05, 0) is 117 Å². The fourth-order valence-corrected chi connectivity index (χ4v) is 5.74. The maximum absolute atomic E-state index is 13.8. The first-order valence-electron chi connectivity index (χ1n) is 20.3. The fraction of sp³-hybridized carbons (Fsp3) is 0.348. The number of imide groups is 1. The lowest BCUT2D eigenvalue weighted by Crippen LogP contribution is -2.44. The molecule has 0 fully saturated rings. The number of pyridine rings is 4. The van der Waals surface area contributed by atoms with Crippen LogP contribution in [0.2, 0.25) is 0 Å². The summed E-state index contributed by atoms with van der Waals surface area (Å²) in [5.74, 6) is 0.370. The lowest BCUT2D eigenvalue weighted by atomic mass is 10.1. The summed E-state index contributed by atoms with van der Waals surface area (Å²) in [6.07, 6.45) is 1.59. The number of rotatable bonds is 12. The number of amides is 3. The van der Waals surface area contributed by atoms with Gasteiger partial charge in [0, 0.05) is 25.5 Å². The van der Waals surface area contributed by atoms with Gasteiger partial charge in [0.15, 0.2) is 0 Å². The molecule has 0 aromatic carbocycles. The highest BCUT2D eigenvalue weighted by Gasteiger charge is 2.34. The van der Waals surface area contributed by atoms with Crippen molar-refractivity contribution in [1.82, 2.24) is 34.8 Å². The summed E-state index contributed by atoms with van der Waals surface area (Å²) >= 11 is 0. The van der Waals surface area contributed by atoms with Gasteiger partial charge < -0.3 is 34.3 Å². The van der Waals surface area contributed by atoms with Crippen LogP contribution in [0.15, 0.2) is 85.2 Å². The number of ketones is 1. The van der Waals surface area contributed by atoms with Crippen molar-refractivity contribution in [2.24, 2.45) is 0 Å². The Kier molecular flexibility index (Phi) is 14.7. The summed E-state index contributed by atoms with van der Waals surface area (Å²) in [6, 6.07) is 17.8. The highest BCUT2D eigenvalue weighted by atomic mass is 16.6. The van der Waals surface area contributed by atoms with Gasteiger partial charge in [-0.3, -0.25) is 4.79 Å². The summed E-state index contributed by atoms with van der Waals surface area (Å²) in [5, 5.41) is 0. The summed E-state index contributed by atoms with van der Waals surface area (Å²) in [6.45, 7) is 15.1. The molecule has 5 heterocycles. The minimum Gasteiger partial charge on any atom is -0.494 e. The van der Waals surface area contributed by atoms with Crippen LogP contribution in [0.4, 0.5) is 32.0 Å². The van der Waals surface area contributed by atoms with E-state index >= 15 is 0 Å². The van der Waals surface area contributed by atoms with Crippen LogP contribution in [0.3, 0.4) is 0 Å². The Balaban J connectivity index is 1.44. The minimum atomic E-state index is -1.00. The number of nitrogen functional groups attached to an aromatic ring is 1. The number of aromatic nitrogens is 6. The van der Waals surface area contributed by atoms with Gasteiger partial charge in [-0.2, -0.15) is 4.90 Å². The number of methoxy groups -OCH3 is 2. The third kappa shape index (κ3) is 13.2. The molecule has 0 unspecified atom stereocenters. The van der Waals surface area contributed by atoms with Crippen LogP contribution in [0.1, 0.15) is 72.8 Å². The van der Waals surface area contributed by atoms with E-state index in [2.05, 4.69) is 19.9 Å². The van der Waals surface area contributed by atoms with Crippen molar-refractivity contribution >= 4 is 41.6 Å². The van der Waals surface area contributed by atoms with Gasteiger partial charge >= 0.3 is 18.3 Å². The van der Waals surface area contributed by atoms with E-state index in [1.807, 2.05) is 0 Å². The smallest absolute Gasteiger partial charge is 0.425 e. The first-order chi connectivity index (χ1) is 30.4. The maximum Gasteiger partial charge on any atom is 0.425 e. The molecule has 0 spiro atoms. The molecule has 5 rings (SSSR count). The van der Waals surface area contributed by atoms with Crippen molar-refractivity contribution in [3.05, 3.63) is 90.9 Å². The molecular formula is C46H54N10O9. The maximum atomic E-state index is 13.8. The number of carbonyl (C=O) groups is 4. The van der Waals surface area contributed by atoms with Gasteiger partial charge in [0.1, 0.15) is 63.7 Å². The average Bonchev–Trinajstić information content (AvgIpc) is 3.22. The third-order valence-corrected chi connectivity index (χ3v) is 8.42. The average molecular weight is 891 g/mol. The molecule has 0 saturated carbocycles. The molecule has 0 aliphatic heterocycles. The van der Waals surface area contributed by atoms with Crippen molar-refractivity contribution in [3.63, 3.8) is 0 Å². The Morgan fingerprint density at radius 2 is 1.11 bits per heavy atom. The second-order valence-corrected chi connectivity index (χ2v) is 17.3. The Hall–Kier alpha value is -7.70. The normalized spacial score (nSPS) is 11.7. The molecule has 65 heavy (non-hydrogen) atoms. The molecule has 0 atom stereocenters. The molecule has 19 heteroatoms. The molecule has 0 saturated heterocycles. The van der Waals surface area contributed by atoms with E-state index in [1.54, 1.807) is 129 Å². The van der Waals surface area contributed by atoms with Crippen LogP contribution in [0.25, 0.3) is 34.2 Å². The summed E-state index contributed by atoms with van der Waals surface area (Å²) in [5.41, 5.74) is 5.17. The molecule has 2 N–H and O–H groups in total. The van der Waals surface area contributed by atoms with E-state index in [4.69, 9.17) is 39.4 Å². The van der Waals surface area contributed by atoms with Crippen LogP contribution >= 0.6 is 0 Å². The van der Waals surface area contributed by atoms with Crippen LogP contribution in [-0.2, 0) is 14.2 Å². The number of nitrogens with two attached hydrogens (primary N) is 1. The SMILES string of the molecule is COc1ccc(C(=O)/C=C/N(C)CN(C(=O)OC(C)(C)C)c2cccc(-c3nc(-c4ccnc(N)n4)ccc3OC)n2)nc1-c1cccc(N(C(=O)OC(C)(C)C)C(=O)OC(C)(C)C)n1. The summed E-state index contributed by atoms with van der Waals surface area (Å²) in [7, 11) is 4.60. The topological polar surface area (TPSA) is 228 Å². The fourth-order valence-electron chi connectivity index (χ4n) is 5.74. The molecule has 0 bridgehead atoms. The van der Waals surface area contributed by atoms with Crippen molar-refractivity contribution < 1.29 is 42.9 Å². The number of anilines is 3. The first-order valence-corrected chi connectivity index (χ1v) is 20.3. The molecular weight excluding hydrogens is 837 g/mol. The zero-order chi connectivity index (χ0) is 47.9. The van der Waals surface area contributed by atoms with Crippen molar-refractivity contribution in [2.75, 3.05) is 43.5 Å². The number of ether oxygens (including phenoxy) is 5. The minimum absolute atomic E-state index is 0.0143. The Morgan fingerprint density at radius 1 is 0.600 bits per heavy atom. The molecule has 0 radical (unpaired) electrons. The molecule has 342 valence electrons. The molecule has 5 aromatic heterocycles. The Bertz CT molecular complexity index is 2550. The second kappa shape index (κ2) is 19.8. The van der Waals surface area contributed by atoms with Gasteiger partial charge in [0.25, 0.3) is 0 Å². The van der Waals surface area contributed by atoms with Crippen LogP contribution in [0, 0.1) is 0 Å². The number of carbonyl (C=O) groups excluding carboxylic acids is 4. The lowest BCUT2D eigenvalue weighted by Gasteiger charge is -2.29. The van der Waals surface area contributed by atoms with Gasteiger partial charge in [-0.15, -0.1) is 0 Å². The van der Waals surface area contributed by atoms with Crippen molar-refractivity contribution in [3.8, 4) is 45.7 Å². The predicted molar refractivity (Wildman–Crippen MR) is 243 cm³/mol. The molecule has 0 aliphatic rings. The van der Waals surface area contributed by atoms with Gasteiger partial charge in [-0.1, -0.05) is 12.1 Å². The zero-order valence-electron chi connectivity index (χ0n) is 38.6. The highest BCUT2D eigenvalue weighted by molar-refractivity contribution is 6.09. The van der Waals surface area contributed by atoms with Gasteiger partial charge in [0.05, 0.1) is 37.0 Å². The number of hydrogen-bond donors (Lipinski definition) is 1. The molecule has 5 aromatic rings. The number of nitrogens with zero attached hydrogens (tertiary/aromatic N) is 9. The second-order valence-electron chi connectivity index (χ2n) is 17.3. The predicted octanol–water partition coefficient (Wildman–Crippen LogP) is 8.36. The van der Waals surface area contributed by atoms with E-state index in [1.165, 1.54) is 49.7 Å². The lowest BCUT2D eigenvalue weighted by molar-refractivity contribution is 0.0427. The van der Waals surface area contributed by atoms with Crippen molar-refractivity contribution in [2.45, 2.75) is 79.1 Å². The largest absolute Gasteiger partial charge is 0.494 e. The van der Waals surface area contributed by atoms with Crippen molar-refractivity contribution in [1.29, 1.82) is 0 Å². The van der Waals surface area contributed by atoms with E-state index in [9.17, 15) is 19.2 Å². The summed E-state index contributed by atoms with van der Waals surface area (Å²) < 4.78 is 28.0. The highest BCUT2D eigenvalue weighted by Crippen LogP contribution is 2.32.